The molecule has 0 radical (unpaired) electrons. The highest BCUT2D eigenvalue weighted by Crippen LogP contribution is 2.39. The summed E-state index contributed by atoms with van der Waals surface area (Å²) < 4.78 is 8.71. The van der Waals surface area contributed by atoms with Gasteiger partial charge in [0.15, 0.2) is 6.10 Å². The summed E-state index contributed by atoms with van der Waals surface area (Å²) in [6.45, 7) is 2.40. The second kappa shape index (κ2) is 7.52. The maximum atomic E-state index is 12.6. The van der Waals surface area contributed by atoms with Gasteiger partial charge >= 0.3 is 5.97 Å². The predicted octanol–water partition coefficient (Wildman–Crippen LogP) is 3.39. The van der Waals surface area contributed by atoms with Crippen molar-refractivity contribution in [2.75, 3.05) is 13.1 Å². The van der Waals surface area contributed by atoms with Gasteiger partial charge in [-0.3, -0.25) is 9.59 Å². The lowest BCUT2D eigenvalue weighted by molar-refractivity contribution is -0.142. The first kappa shape index (κ1) is 18.9. The molecule has 0 spiro atoms. The number of primary amides is 1. The molecule has 3 aromatic rings. The Kier molecular flexibility index (Phi) is 5.07. The van der Waals surface area contributed by atoms with Crippen molar-refractivity contribution in [2.24, 2.45) is 11.7 Å². The first-order valence-electron chi connectivity index (χ1n) is 9.14. The van der Waals surface area contributed by atoms with Crippen LogP contribution in [0.4, 0.5) is 0 Å². The van der Waals surface area contributed by atoms with Crippen LogP contribution >= 0.6 is 22.7 Å². The Morgan fingerprint density at radius 1 is 1.21 bits per heavy atom. The highest BCUT2D eigenvalue weighted by atomic mass is 32.1. The van der Waals surface area contributed by atoms with E-state index in [1.807, 2.05) is 24.3 Å². The lowest BCUT2D eigenvalue weighted by Crippen LogP contribution is -2.48. The molecule has 1 aliphatic heterocycles. The van der Waals surface area contributed by atoms with E-state index in [1.165, 1.54) is 16.0 Å². The molecular formula is C20H20N2O4S2. The number of esters is 1. The van der Waals surface area contributed by atoms with Crippen molar-refractivity contribution in [1.29, 1.82) is 0 Å². The van der Waals surface area contributed by atoms with E-state index >= 15 is 0 Å². The van der Waals surface area contributed by atoms with Gasteiger partial charge < -0.3 is 15.4 Å². The van der Waals surface area contributed by atoms with Crippen LogP contribution < -0.4 is 5.73 Å². The largest absolute Gasteiger partial charge is 0.448 e. The van der Waals surface area contributed by atoms with Crippen molar-refractivity contribution in [3.63, 3.8) is 0 Å². The number of piperidine rings is 1. The number of carbonyl (C=O) groups is 3. The molecule has 1 fully saturated rings. The topological polar surface area (TPSA) is 89.7 Å². The highest BCUT2D eigenvalue weighted by Gasteiger charge is 2.31. The number of thiophene rings is 2. The Hall–Kier alpha value is -2.45. The first-order chi connectivity index (χ1) is 13.4. The number of carbonyl (C=O) groups excluding carboxylic acids is 3. The summed E-state index contributed by atoms with van der Waals surface area (Å²) in [7, 11) is 0. The molecule has 2 atom stereocenters. The fourth-order valence-corrected chi connectivity index (χ4v) is 5.94. The van der Waals surface area contributed by atoms with Gasteiger partial charge in [-0.15, -0.1) is 22.7 Å². The van der Waals surface area contributed by atoms with Crippen molar-refractivity contribution in [2.45, 2.75) is 25.9 Å². The van der Waals surface area contributed by atoms with Crippen molar-refractivity contribution in [3.8, 4) is 0 Å². The van der Waals surface area contributed by atoms with Gasteiger partial charge in [0.2, 0.25) is 5.91 Å². The second-order valence-electron chi connectivity index (χ2n) is 6.98. The van der Waals surface area contributed by atoms with Crippen LogP contribution in [-0.2, 0) is 14.3 Å². The number of likely N-dealkylation sites (tertiary alicyclic amines) is 1. The predicted molar refractivity (Wildman–Crippen MR) is 111 cm³/mol. The lowest BCUT2D eigenvalue weighted by Gasteiger charge is -2.32. The van der Waals surface area contributed by atoms with Crippen molar-refractivity contribution in [1.82, 2.24) is 4.90 Å². The summed E-state index contributed by atoms with van der Waals surface area (Å²) in [5.41, 5.74) is 5.37. The Labute approximate surface area is 169 Å². The number of amides is 2. The molecule has 2 amide bonds. The van der Waals surface area contributed by atoms with Crippen LogP contribution in [0, 0.1) is 5.92 Å². The Morgan fingerprint density at radius 3 is 2.79 bits per heavy atom. The van der Waals surface area contributed by atoms with Gasteiger partial charge in [-0.2, -0.15) is 0 Å². The van der Waals surface area contributed by atoms with E-state index < -0.39 is 18.0 Å². The van der Waals surface area contributed by atoms with E-state index in [1.54, 1.807) is 23.2 Å². The smallest absolute Gasteiger partial charge is 0.349 e. The Morgan fingerprint density at radius 2 is 2.00 bits per heavy atom. The molecule has 0 saturated carbocycles. The summed E-state index contributed by atoms with van der Waals surface area (Å²) in [4.78, 5) is 38.7. The Balaban J connectivity index is 1.46. The van der Waals surface area contributed by atoms with Crippen LogP contribution in [-0.4, -0.2) is 41.9 Å². The van der Waals surface area contributed by atoms with Gasteiger partial charge in [-0.1, -0.05) is 18.2 Å². The van der Waals surface area contributed by atoms with Gasteiger partial charge in [0.25, 0.3) is 5.91 Å². The van der Waals surface area contributed by atoms with E-state index in [0.717, 1.165) is 14.8 Å². The third-order valence-electron chi connectivity index (χ3n) is 5.02. The van der Waals surface area contributed by atoms with Gasteiger partial charge in [0, 0.05) is 27.9 Å². The number of fused-ring (bicyclic) bond motifs is 3. The SMILES string of the molecule is C[C@H](OC(=O)c1cc2sc3ccccc3c2s1)C(=O)N1CCC[C@@H](C(N)=O)C1. The molecule has 1 saturated heterocycles. The molecule has 4 rings (SSSR count). The molecule has 2 aromatic heterocycles. The summed E-state index contributed by atoms with van der Waals surface area (Å²) in [6, 6.07) is 9.90. The number of hydrogen-bond donors (Lipinski definition) is 1. The monoisotopic (exact) mass is 416 g/mol. The average molecular weight is 417 g/mol. The standard InChI is InChI=1S/C20H20N2O4S2/c1-11(19(24)22-8-4-5-12(10-22)18(21)23)26-20(25)16-9-15-17(28-16)13-6-2-3-7-14(13)27-15/h2-3,6-7,9,11-12H,4-5,8,10H2,1H3,(H2,21,23)/t11-,12+/m0/s1. The summed E-state index contributed by atoms with van der Waals surface area (Å²) >= 11 is 3.02. The molecule has 8 heteroatoms. The minimum Gasteiger partial charge on any atom is -0.448 e. The zero-order chi connectivity index (χ0) is 19.8. The Bertz CT molecular complexity index is 1070. The number of benzene rings is 1. The third kappa shape index (κ3) is 3.49. The first-order valence-corrected chi connectivity index (χ1v) is 10.8. The number of nitrogens with two attached hydrogens (primary N) is 1. The van der Waals surface area contributed by atoms with Crippen LogP contribution in [0.2, 0.25) is 0 Å². The molecule has 6 nitrogen and oxygen atoms in total. The summed E-state index contributed by atoms with van der Waals surface area (Å²) in [5, 5.41) is 1.13. The molecule has 3 heterocycles. The molecule has 1 aromatic carbocycles. The molecule has 2 N–H and O–H groups in total. The second-order valence-corrected chi connectivity index (χ2v) is 9.11. The molecule has 146 valence electrons. The lowest BCUT2D eigenvalue weighted by atomic mass is 9.97. The minimum atomic E-state index is -0.906. The maximum Gasteiger partial charge on any atom is 0.349 e. The zero-order valence-corrected chi connectivity index (χ0v) is 17.0. The molecule has 0 unspecified atom stereocenters. The van der Waals surface area contributed by atoms with Crippen LogP contribution in [0.5, 0.6) is 0 Å². The number of rotatable bonds is 4. The number of nitrogens with zero attached hydrogens (tertiary/aromatic N) is 1. The van der Waals surface area contributed by atoms with Gasteiger partial charge in [-0.25, -0.2) is 4.79 Å². The maximum absolute atomic E-state index is 12.6. The van der Waals surface area contributed by atoms with Crippen molar-refractivity contribution >= 4 is 59.9 Å². The van der Waals surface area contributed by atoms with E-state index in [2.05, 4.69) is 6.07 Å². The van der Waals surface area contributed by atoms with Crippen LogP contribution in [0.3, 0.4) is 0 Å². The normalized spacial score (nSPS) is 18.3. The molecule has 1 aliphatic rings. The van der Waals surface area contributed by atoms with Gasteiger partial charge in [0.1, 0.15) is 4.88 Å². The average Bonchev–Trinajstić information content (AvgIpc) is 3.25. The van der Waals surface area contributed by atoms with Crippen LogP contribution in [0.25, 0.3) is 19.5 Å². The summed E-state index contributed by atoms with van der Waals surface area (Å²) in [5.74, 6) is -1.52. The van der Waals surface area contributed by atoms with Crippen molar-refractivity contribution in [3.05, 3.63) is 35.2 Å². The van der Waals surface area contributed by atoms with E-state index in [0.29, 0.717) is 24.3 Å². The quantitative estimate of drug-likeness (QED) is 0.660. The van der Waals surface area contributed by atoms with Gasteiger partial charge in [-0.05, 0) is 31.9 Å². The number of ether oxygens (including phenoxy) is 1. The summed E-state index contributed by atoms with van der Waals surface area (Å²) in [6.07, 6.45) is 0.498. The molecule has 0 bridgehead atoms. The highest BCUT2D eigenvalue weighted by molar-refractivity contribution is 7.33. The third-order valence-corrected chi connectivity index (χ3v) is 7.41. The van der Waals surface area contributed by atoms with Crippen molar-refractivity contribution < 1.29 is 19.1 Å². The zero-order valence-electron chi connectivity index (χ0n) is 15.3. The fraction of sp³-hybridized carbons (Fsp3) is 0.350. The van der Waals surface area contributed by atoms with Crippen LogP contribution in [0.15, 0.2) is 30.3 Å². The molecular weight excluding hydrogens is 396 g/mol. The fourth-order valence-electron chi connectivity index (χ4n) is 3.54. The molecule has 28 heavy (non-hydrogen) atoms. The minimum absolute atomic E-state index is 0.288. The van der Waals surface area contributed by atoms with Gasteiger partial charge in [0.05, 0.1) is 10.6 Å². The van der Waals surface area contributed by atoms with E-state index in [4.69, 9.17) is 10.5 Å². The van der Waals surface area contributed by atoms with Crippen LogP contribution in [0.1, 0.15) is 29.4 Å². The molecule has 0 aliphatic carbocycles. The number of hydrogen-bond acceptors (Lipinski definition) is 6. The van der Waals surface area contributed by atoms with E-state index in [-0.39, 0.29) is 18.4 Å². The van der Waals surface area contributed by atoms with E-state index in [9.17, 15) is 14.4 Å².